The van der Waals surface area contributed by atoms with Gasteiger partial charge in [0.15, 0.2) is 0 Å². The van der Waals surface area contributed by atoms with Crippen LogP contribution in [0.4, 0.5) is 5.69 Å². The van der Waals surface area contributed by atoms with Crippen LogP contribution in [0.25, 0.3) is 0 Å². The molecule has 2 nitrogen and oxygen atoms in total. The van der Waals surface area contributed by atoms with Crippen LogP contribution in [0, 0.1) is 0 Å². The van der Waals surface area contributed by atoms with Gasteiger partial charge in [0.1, 0.15) is 0 Å². The molecule has 0 saturated carbocycles. The average Bonchev–Trinajstić information content (AvgIpc) is 2.16. The Morgan fingerprint density at radius 3 is 2.57 bits per heavy atom. The molecule has 0 spiro atoms. The second-order valence-electron chi connectivity index (χ2n) is 3.68. The molecule has 3 heteroatoms. The number of anilines is 1. The fraction of sp³-hybridized carbons (Fsp3) is 0.455. The van der Waals surface area contributed by atoms with E-state index in [1.165, 1.54) is 11.3 Å². The van der Waals surface area contributed by atoms with E-state index in [0.717, 1.165) is 4.47 Å². The molecule has 1 aromatic rings. The van der Waals surface area contributed by atoms with E-state index < -0.39 is 0 Å². The quantitative estimate of drug-likeness (QED) is 0.902. The summed E-state index contributed by atoms with van der Waals surface area (Å²) >= 11 is 3.48. The SMILES string of the molecule is CC(C)N(C)c1cc(Br)ccc1CN. The normalized spacial score (nSPS) is 10.7. The fourth-order valence-electron chi connectivity index (χ4n) is 1.32. The van der Waals surface area contributed by atoms with Crippen molar-refractivity contribution in [1.82, 2.24) is 0 Å². The van der Waals surface area contributed by atoms with Crippen LogP contribution < -0.4 is 10.6 Å². The summed E-state index contributed by atoms with van der Waals surface area (Å²) in [6, 6.07) is 6.69. The molecule has 0 aromatic heterocycles. The van der Waals surface area contributed by atoms with Crippen LogP contribution in [-0.2, 0) is 6.54 Å². The Kier molecular flexibility index (Phi) is 3.96. The third-order valence-electron chi connectivity index (χ3n) is 2.42. The molecular formula is C11H17BrN2. The molecule has 1 aromatic carbocycles. The van der Waals surface area contributed by atoms with Crippen molar-refractivity contribution in [1.29, 1.82) is 0 Å². The summed E-state index contributed by atoms with van der Waals surface area (Å²) in [6.07, 6.45) is 0. The van der Waals surface area contributed by atoms with Gasteiger partial charge in [-0.1, -0.05) is 22.0 Å². The van der Waals surface area contributed by atoms with E-state index in [9.17, 15) is 0 Å². The van der Waals surface area contributed by atoms with Crippen LogP contribution in [-0.4, -0.2) is 13.1 Å². The van der Waals surface area contributed by atoms with Gasteiger partial charge in [0.2, 0.25) is 0 Å². The molecule has 0 aliphatic heterocycles. The number of halogens is 1. The Morgan fingerprint density at radius 2 is 2.07 bits per heavy atom. The summed E-state index contributed by atoms with van der Waals surface area (Å²) in [5.41, 5.74) is 8.09. The second-order valence-corrected chi connectivity index (χ2v) is 4.60. The monoisotopic (exact) mass is 256 g/mol. The Hall–Kier alpha value is -0.540. The first-order valence-corrected chi connectivity index (χ1v) is 5.57. The smallest absolute Gasteiger partial charge is 0.0422 e. The lowest BCUT2D eigenvalue weighted by Crippen LogP contribution is -2.27. The van der Waals surface area contributed by atoms with Crippen molar-refractivity contribution in [3.63, 3.8) is 0 Å². The zero-order valence-corrected chi connectivity index (χ0v) is 10.5. The largest absolute Gasteiger partial charge is 0.372 e. The Morgan fingerprint density at radius 1 is 1.43 bits per heavy atom. The highest BCUT2D eigenvalue weighted by molar-refractivity contribution is 9.10. The van der Waals surface area contributed by atoms with Crippen LogP contribution in [0.3, 0.4) is 0 Å². The molecule has 0 bridgehead atoms. The van der Waals surface area contributed by atoms with Crippen LogP contribution in [0.2, 0.25) is 0 Å². The highest BCUT2D eigenvalue weighted by atomic mass is 79.9. The number of rotatable bonds is 3. The minimum absolute atomic E-state index is 0.481. The van der Waals surface area contributed by atoms with E-state index in [4.69, 9.17) is 5.73 Å². The van der Waals surface area contributed by atoms with Gasteiger partial charge in [-0.2, -0.15) is 0 Å². The first kappa shape index (κ1) is 11.5. The lowest BCUT2D eigenvalue weighted by molar-refractivity contribution is 0.749. The van der Waals surface area contributed by atoms with Crippen LogP contribution >= 0.6 is 15.9 Å². The lowest BCUT2D eigenvalue weighted by atomic mass is 10.1. The van der Waals surface area contributed by atoms with Crippen molar-refractivity contribution in [3.8, 4) is 0 Å². The summed E-state index contributed by atoms with van der Waals surface area (Å²) in [5.74, 6) is 0. The molecule has 0 saturated heterocycles. The Labute approximate surface area is 94.2 Å². The number of benzene rings is 1. The van der Waals surface area contributed by atoms with Crippen molar-refractivity contribution in [3.05, 3.63) is 28.2 Å². The summed E-state index contributed by atoms with van der Waals surface area (Å²) in [6.45, 7) is 4.92. The first-order chi connectivity index (χ1) is 6.56. The standard InChI is InChI=1S/C11H17BrN2/c1-8(2)14(3)11-6-10(12)5-4-9(11)7-13/h4-6,8H,7,13H2,1-3H3. The molecule has 0 aliphatic rings. The van der Waals surface area contributed by atoms with Gasteiger partial charge < -0.3 is 10.6 Å². The highest BCUT2D eigenvalue weighted by Gasteiger charge is 2.09. The number of hydrogen-bond donors (Lipinski definition) is 1. The summed E-state index contributed by atoms with van der Waals surface area (Å²) in [4.78, 5) is 2.23. The Balaban J connectivity index is 3.10. The zero-order valence-electron chi connectivity index (χ0n) is 8.92. The van der Waals surface area contributed by atoms with Crippen molar-refractivity contribution < 1.29 is 0 Å². The molecule has 14 heavy (non-hydrogen) atoms. The highest BCUT2D eigenvalue weighted by Crippen LogP contribution is 2.25. The van der Waals surface area contributed by atoms with Gasteiger partial charge in [-0.15, -0.1) is 0 Å². The van der Waals surface area contributed by atoms with E-state index in [0.29, 0.717) is 12.6 Å². The molecule has 0 atom stereocenters. The number of nitrogens with two attached hydrogens (primary N) is 1. The maximum Gasteiger partial charge on any atom is 0.0422 e. The molecule has 2 N–H and O–H groups in total. The van der Waals surface area contributed by atoms with E-state index in [-0.39, 0.29) is 0 Å². The van der Waals surface area contributed by atoms with Crippen molar-refractivity contribution in [2.75, 3.05) is 11.9 Å². The minimum Gasteiger partial charge on any atom is -0.372 e. The molecule has 0 fully saturated rings. The van der Waals surface area contributed by atoms with Gasteiger partial charge in [0, 0.05) is 29.8 Å². The van der Waals surface area contributed by atoms with Crippen LogP contribution in [0.5, 0.6) is 0 Å². The molecule has 78 valence electrons. The topological polar surface area (TPSA) is 29.3 Å². The third kappa shape index (κ3) is 2.49. The molecule has 0 heterocycles. The predicted molar refractivity (Wildman–Crippen MR) is 65.6 cm³/mol. The minimum atomic E-state index is 0.481. The number of nitrogens with zero attached hydrogens (tertiary/aromatic N) is 1. The molecule has 0 aliphatic carbocycles. The molecule has 0 amide bonds. The van der Waals surface area contributed by atoms with E-state index >= 15 is 0 Å². The van der Waals surface area contributed by atoms with Gasteiger partial charge in [-0.3, -0.25) is 0 Å². The summed E-state index contributed by atoms with van der Waals surface area (Å²) < 4.78 is 1.09. The first-order valence-electron chi connectivity index (χ1n) is 4.77. The maximum absolute atomic E-state index is 5.70. The summed E-state index contributed by atoms with van der Waals surface area (Å²) in [5, 5.41) is 0. The van der Waals surface area contributed by atoms with E-state index in [2.05, 4.69) is 53.9 Å². The van der Waals surface area contributed by atoms with Gasteiger partial charge in [0.05, 0.1) is 0 Å². The van der Waals surface area contributed by atoms with E-state index in [1.807, 2.05) is 6.07 Å². The second kappa shape index (κ2) is 4.80. The third-order valence-corrected chi connectivity index (χ3v) is 2.92. The zero-order chi connectivity index (χ0) is 10.7. The van der Waals surface area contributed by atoms with Gasteiger partial charge in [-0.05, 0) is 31.5 Å². The molecule has 1 rings (SSSR count). The van der Waals surface area contributed by atoms with Crippen LogP contribution in [0.1, 0.15) is 19.4 Å². The van der Waals surface area contributed by atoms with Gasteiger partial charge in [-0.25, -0.2) is 0 Å². The summed E-state index contributed by atoms with van der Waals surface area (Å²) in [7, 11) is 2.09. The van der Waals surface area contributed by atoms with Crippen molar-refractivity contribution >= 4 is 21.6 Å². The Bertz CT molecular complexity index is 310. The van der Waals surface area contributed by atoms with Gasteiger partial charge in [0.25, 0.3) is 0 Å². The molecule has 0 unspecified atom stereocenters. The average molecular weight is 257 g/mol. The van der Waals surface area contributed by atoms with Gasteiger partial charge >= 0.3 is 0 Å². The fourth-order valence-corrected chi connectivity index (χ4v) is 1.67. The van der Waals surface area contributed by atoms with Crippen LogP contribution in [0.15, 0.2) is 22.7 Å². The molecular weight excluding hydrogens is 240 g/mol. The molecule has 0 radical (unpaired) electrons. The predicted octanol–water partition coefficient (Wildman–Crippen LogP) is 2.75. The van der Waals surface area contributed by atoms with Crippen molar-refractivity contribution in [2.45, 2.75) is 26.4 Å². The van der Waals surface area contributed by atoms with Crippen molar-refractivity contribution in [2.24, 2.45) is 5.73 Å². The maximum atomic E-state index is 5.70. The lowest BCUT2D eigenvalue weighted by Gasteiger charge is -2.26. The number of hydrogen-bond acceptors (Lipinski definition) is 2. The van der Waals surface area contributed by atoms with E-state index in [1.54, 1.807) is 0 Å².